The molecule has 2 atom stereocenters. The van der Waals surface area contributed by atoms with Crippen LogP contribution in [0.3, 0.4) is 0 Å². The van der Waals surface area contributed by atoms with E-state index in [2.05, 4.69) is 24.4 Å². The number of ether oxygens (including phenoxy) is 2. The molecule has 2 heterocycles. The summed E-state index contributed by atoms with van der Waals surface area (Å²) in [6, 6.07) is 13.5. The van der Waals surface area contributed by atoms with Crippen molar-refractivity contribution in [3.05, 3.63) is 76.9 Å². The Morgan fingerprint density at radius 2 is 1.74 bits per heavy atom. The average Bonchev–Trinajstić information content (AvgIpc) is 3.21. The van der Waals surface area contributed by atoms with Crippen LogP contribution in [-0.2, 0) is 4.79 Å². The number of likely N-dealkylation sites (tertiary alicyclic amines) is 1. The van der Waals surface area contributed by atoms with Gasteiger partial charge in [0.1, 0.15) is 5.82 Å². The Kier molecular flexibility index (Phi) is 8.69. The number of piperidine rings is 1. The van der Waals surface area contributed by atoms with Gasteiger partial charge in [-0.2, -0.15) is 5.10 Å². The summed E-state index contributed by atoms with van der Waals surface area (Å²) in [6.07, 6.45) is 4.64. The highest BCUT2D eigenvalue weighted by atomic mass is 19.1. The number of methoxy groups -OCH3 is 1. The average molecular weight is 535 g/mol. The second kappa shape index (κ2) is 12.1. The summed E-state index contributed by atoms with van der Waals surface area (Å²) in [7, 11) is 1.53. The molecule has 2 aromatic carbocycles. The molecule has 1 saturated heterocycles. The standard InChI is InChI=1S/C30H35FN4O4/c1-19-7-6-8-20(2)34(19)29(36)18-39-27-14-9-23(16-28(27)38-5)17-32-33-30(37)26-15-21(3)35(22(26)4)25-12-10-24(31)11-13-25/h9-17,19-20H,6-8,18H2,1-5H3,(H,33,37)/b32-17-/t19-,20-/m1/s1. The zero-order valence-corrected chi connectivity index (χ0v) is 23.0. The van der Waals surface area contributed by atoms with Gasteiger partial charge in [0.2, 0.25) is 0 Å². The minimum Gasteiger partial charge on any atom is -0.493 e. The lowest BCUT2D eigenvalue weighted by Crippen LogP contribution is -2.49. The molecule has 9 heteroatoms. The van der Waals surface area contributed by atoms with Crippen LogP contribution >= 0.6 is 0 Å². The maximum absolute atomic E-state index is 13.3. The Morgan fingerprint density at radius 3 is 2.41 bits per heavy atom. The molecule has 0 bridgehead atoms. The highest BCUT2D eigenvalue weighted by Gasteiger charge is 2.29. The van der Waals surface area contributed by atoms with Gasteiger partial charge in [0, 0.05) is 29.2 Å². The number of hydrazone groups is 1. The van der Waals surface area contributed by atoms with Crippen LogP contribution in [0.1, 0.15) is 60.4 Å². The van der Waals surface area contributed by atoms with Crippen molar-refractivity contribution in [2.45, 2.75) is 59.0 Å². The zero-order valence-electron chi connectivity index (χ0n) is 23.0. The summed E-state index contributed by atoms with van der Waals surface area (Å²) < 4.78 is 26.5. The summed E-state index contributed by atoms with van der Waals surface area (Å²) in [5.74, 6) is 0.196. The van der Waals surface area contributed by atoms with Crippen LogP contribution in [0.15, 0.2) is 53.6 Å². The Bertz CT molecular complexity index is 1360. The molecule has 0 saturated carbocycles. The first-order valence-electron chi connectivity index (χ1n) is 13.1. The Morgan fingerprint density at radius 1 is 1.05 bits per heavy atom. The number of halogens is 1. The summed E-state index contributed by atoms with van der Waals surface area (Å²) in [6.45, 7) is 7.80. The molecule has 0 unspecified atom stereocenters. The normalized spacial score (nSPS) is 17.3. The number of carbonyl (C=O) groups is 2. The summed E-state index contributed by atoms with van der Waals surface area (Å²) >= 11 is 0. The molecule has 0 aliphatic carbocycles. The predicted molar refractivity (Wildman–Crippen MR) is 148 cm³/mol. The van der Waals surface area contributed by atoms with E-state index in [0.29, 0.717) is 22.6 Å². The van der Waals surface area contributed by atoms with Gasteiger partial charge in [-0.1, -0.05) is 0 Å². The first kappa shape index (κ1) is 27.9. The number of carbonyl (C=O) groups excluding carboxylic acids is 2. The van der Waals surface area contributed by atoms with Crippen LogP contribution in [0.2, 0.25) is 0 Å². The van der Waals surface area contributed by atoms with E-state index in [1.807, 2.05) is 23.3 Å². The van der Waals surface area contributed by atoms with Crippen molar-refractivity contribution in [1.82, 2.24) is 14.9 Å². The zero-order chi connectivity index (χ0) is 28.1. The van der Waals surface area contributed by atoms with Crippen molar-refractivity contribution < 1.29 is 23.5 Å². The van der Waals surface area contributed by atoms with E-state index < -0.39 is 0 Å². The number of hydrogen-bond donors (Lipinski definition) is 1. The van der Waals surface area contributed by atoms with Crippen molar-refractivity contribution in [2.75, 3.05) is 13.7 Å². The highest BCUT2D eigenvalue weighted by Crippen LogP contribution is 2.29. The molecule has 206 valence electrons. The van der Waals surface area contributed by atoms with E-state index in [4.69, 9.17) is 9.47 Å². The SMILES string of the molecule is COc1cc(/C=N\NC(=O)c2cc(C)n(-c3ccc(F)cc3)c2C)ccc1OCC(=O)N1[C@H](C)CCC[C@H]1C. The lowest BCUT2D eigenvalue weighted by atomic mass is 9.97. The van der Waals surface area contributed by atoms with Crippen LogP contribution in [0.5, 0.6) is 11.5 Å². The maximum Gasteiger partial charge on any atom is 0.273 e. The largest absolute Gasteiger partial charge is 0.493 e. The Labute approximate surface area is 228 Å². The van der Waals surface area contributed by atoms with Gasteiger partial charge in [-0.25, -0.2) is 9.82 Å². The molecule has 1 fully saturated rings. The van der Waals surface area contributed by atoms with E-state index in [1.54, 1.807) is 36.4 Å². The number of nitrogens with zero attached hydrogens (tertiary/aromatic N) is 3. The number of amides is 2. The van der Waals surface area contributed by atoms with E-state index >= 15 is 0 Å². The number of rotatable bonds is 8. The van der Waals surface area contributed by atoms with Crippen molar-refractivity contribution in [3.8, 4) is 17.2 Å². The molecule has 4 rings (SSSR count). The van der Waals surface area contributed by atoms with Crippen LogP contribution in [0.4, 0.5) is 4.39 Å². The topological polar surface area (TPSA) is 85.2 Å². The fourth-order valence-corrected chi connectivity index (χ4v) is 5.22. The van der Waals surface area contributed by atoms with E-state index in [0.717, 1.165) is 36.3 Å². The summed E-state index contributed by atoms with van der Waals surface area (Å²) in [4.78, 5) is 27.5. The second-order valence-corrected chi connectivity index (χ2v) is 9.92. The minimum atomic E-state index is -0.362. The highest BCUT2D eigenvalue weighted by molar-refractivity contribution is 5.96. The molecule has 39 heavy (non-hydrogen) atoms. The van der Waals surface area contributed by atoms with Crippen LogP contribution in [0.25, 0.3) is 5.69 Å². The lowest BCUT2D eigenvalue weighted by Gasteiger charge is -2.39. The number of aryl methyl sites for hydroxylation is 1. The number of benzene rings is 2. The molecule has 8 nitrogen and oxygen atoms in total. The maximum atomic E-state index is 13.3. The molecule has 0 spiro atoms. The van der Waals surface area contributed by atoms with E-state index in [9.17, 15) is 14.0 Å². The fourth-order valence-electron chi connectivity index (χ4n) is 5.22. The molecular weight excluding hydrogens is 499 g/mol. The van der Waals surface area contributed by atoms with Crippen LogP contribution < -0.4 is 14.9 Å². The molecule has 2 amide bonds. The molecule has 1 aromatic heterocycles. The van der Waals surface area contributed by atoms with Gasteiger partial charge >= 0.3 is 0 Å². The Balaban J connectivity index is 1.39. The van der Waals surface area contributed by atoms with Crippen LogP contribution in [0, 0.1) is 19.7 Å². The molecule has 0 radical (unpaired) electrons. The van der Waals surface area contributed by atoms with Crippen molar-refractivity contribution >= 4 is 18.0 Å². The number of hydrogen-bond acceptors (Lipinski definition) is 5. The van der Waals surface area contributed by atoms with Gasteiger partial charge in [0.05, 0.1) is 18.9 Å². The second-order valence-electron chi connectivity index (χ2n) is 9.92. The molecule has 3 aromatic rings. The molecule has 1 aliphatic rings. The van der Waals surface area contributed by atoms with Crippen molar-refractivity contribution in [2.24, 2.45) is 5.10 Å². The smallest absolute Gasteiger partial charge is 0.273 e. The van der Waals surface area contributed by atoms with Gasteiger partial charge < -0.3 is 18.9 Å². The van der Waals surface area contributed by atoms with Gasteiger partial charge in [-0.3, -0.25) is 9.59 Å². The quantitative estimate of drug-likeness (QED) is 0.319. The van der Waals surface area contributed by atoms with Gasteiger partial charge in [0.15, 0.2) is 18.1 Å². The van der Waals surface area contributed by atoms with Gasteiger partial charge in [-0.15, -0.1) is 0 Å². The monoisotopic (exact) mass is 534 g/mol. The van der Waals surface area contributed by atoms with Crippen molar-refractivity contribution in [3.63, 3.8) is 0 Å². The summed E-state index contributed by atoms with van der Waals surface area (Å²) in [5, 5.41) is 4.10. The first-order valence-corrected chi connectivity index (χ1v) is 13.1. The van der Waals surface area contributed by atoms with E-state index in [1.165, 1.54) is 25.5 Å². The third kappa shape index (κ3) is 6.30. The Hall–Kier alpha value is -4.14. The third-order valence-corrected chi connectivity index (χ3v) is 7.16. The van der Waals surface area contributed by atoms with Crippen LogP contribution in [-0.4, -0.2) is 53.3 Å². The van der Waals surface area contributed by atoms with E-state index in [-0.39, 0.29) is 36.3 Å². The number of nitrogens with one attached hydrogen (secondary N) is 1. The third-order valence-electron chi connectivity index (χ3n) is 7.16. The number of aromatic nitrogens is 1. The predicted octanol–water partition coefficient (Wildman–Crippen LogP) is 5.17. The van der Waals surface area contributed by atoms with Gasteiger partial charge in [-0.05, 0) is 101 Å². The molecule has 1 aliphatic heterocycles. The van der Waals surface area contributed by atoms with Crippen molar-refractivity contribution in [1.29, 1.82) is 0 Å². The lowest BCUT2D eigenvalue weighted by molar-refractivity contribution is -0.139. The van der Waals surface area contributed by atoms with Gasteiger partial charge in [0.25, 0.3) is 11.8 Å². The first-order chi connectivity index (χ1) is 18.7. The molecule has 1 N–H and O–H groups in total. The minimum absolute atomic E-state index is 0.0381. The fraction of sp³-hybridized carbons (Fsp3) is 0.367. The molecular formula is C30H35FN4O4. The summed E-state index contributed by atoms with van der Waals surface area (Å²) in [5.41, 5.74) is 6.04.